The highest BCUT2D eigenvalue weighted by Crippen LogP contribution is 2.28. The predicted molar refractivity (Wildman–Crippen MR) is 45.7 cm³/mol. The van der Waals surface area contributed by atoms with Gasteiger partial charge in [0, 0.05) is 6.04 Å². The van der Waals surface area contributed by atoms with Crippen LogP contribution in [-0.4, -0.2) is 15.0 Å². The molecule has 0 amide bonds. The molecule has 1 aromatic heterocycles. The van der Waals surface area contributed by atoms with Crippen molar-refractivity contribution in [3.8, 4) is 0 Å². The van der Waals surface area contributed by atoms with Crippen molar-refractivity contribution in [1.82, 2.24) is 15.0 Å². The van der Waals surface area contributed by atoms with Crippen LogP contribution < -0.4 is 5.73 Å². The van der Waals surface area contributed by atoms with Gasteiger partial charge in [0.15, 0.2) is 0 Å². The molecular formula is C8H14N4. The van der Waals surface area contributed by atoms with E-state index < -0.39 is 0 Å². The Morgan fingerprint density at radius 1 is 1.58 bits per heavy atom. The van der Waals surface area contributed by atoms with Crippen molar-refractivity contribution in [1.29, 1.82) is 0 Å². The van der Waals surface area contributed by atoms with Crippen molar-refractivity contribution in [2.45, 2.75) is 38.8 Å². The molecule has 0 saturated heterocycles. The Bertz CT molecular complexity index is 289. The predicted octanol–water partition coefficient (Wildman–Crippen LogP) is 0.805. The van der Waals surface area contributed by atoms with Gasteiger partial charge in [-0.15, -0.1) is 5.10 Å². The minimum Gasteiger partial charge on any atom is -0.323 e. The van der Waals surface area contributed by atoms with Gasteiger partial charge in [-0.25, -0.2) is 4.68 Å². The van der Waals surface area contributed by atoms with Gasteiger partial charge >= 0.3 is 0 Å². The molecule has 2 N–H and O–H groups in total. The van der Waals surface area contributed by atoms with E-state index in [0.29, 0.717) is 6.04 Å². The maximum absolute atomic E-state index is 5.84. The van der Waals surface area contributed by atoms with Crippen LogP contribution in [0.25, 0.3) is 0 Å². The lowest BCUT2D eigenvalue weighted by molar-refractivity contribution is 0.489. The number of rotatable bonds is 1. The zero-order valence-electron chi connectivity index (χ0n) is 7.49. The molecule has 1 aliphatic carbocycles. The topological polar surface area (TPSA) is 56.7 Å². The lowest BCUT2D eigenvalue weighted by atomic mass is 10.3. The summed E-state index contributed by atoms with van der Waals surface area (Å²) >= 11 is 0. The summed E-state index contributed by atoms with van der Waals surface area (Å²) in [6, 6.07) is 0.513. The Hall–Kier alpha value is -0.900. The summed E-state index contributed by atoms with van der Waals surface area (Å²) in [5.74, 6) is 0. The third-order valence-corrected chi connectivity index (χ3v) is 2.35. The summed E-state index contributed by atoms with van der Waals surface area (Å²) in [5.41, 5.74) is 8.08. The Labute approximate surface area is 71.8 Å². The van der Waals surface area contributed by atoms with E-state index in [1.165, 1.54) is 5.69 Å². The van der Waals surface area contributed by atoms with Gasteiger partial charge in [0.1, 0.15) is 5.69 Å². The molecule has 0 radical (unpaired) electrons. The van der Waals surface area contributed by atoms with Gasteiger partial charge in [-0.05, 0) is 26.7 Å². The highest BCUT2D eigenvalue weighted by Gasteiger charge is 2.26. The van der Waals surface area contributed by atoms with Crippen LogP contribution in [0.3, 0.4) is 0 Å². The molecular weight excluding hydrogens is 152 g/mol. The number of hydrogen-bond donors (Lipinski definition) is 1. The SMILES string of the molecule is CC(C)n1nnc2c1CCC2N. The second-order valence-electron chi connectivity index (χ2n) is 3.60. The Morgan fingerprint density at radius 3 is 3.00 bits per heavy atom. The Kier molecular flexibility index (Phi) is 1.65. The molecule has 0 fully saturated rings. The minimum atomic E-state index is 0.118. The van der Waals surface area contributed by atoms with Crippen molar-refractivity contribution in [2.24, 2.45) is 5.73 Å². The van der Waals surface area contributed by atoms with E-state index in [1.54, 1.807) is 0 Å². The lowest BCUT2D eigenvalue weighted by Gasteiger charge is -2.06. The van der Waals surface area contributed by atoms with Gasteiger partial charge < -0.3 is 5.73 Å². The first-order valence-electron chi connectivity index (χ1n) is 4.39. The fraction of sp³-hybridized carbons (Fsp3) is 0.750. The summed E-state index contributed by atoms with van der Waals surface area (Å²) in [6.07, 6.45) is 2.05. The van der Waals surface area contributed by atoms with Crippen LogP contribution in [0.5, 0.6) is 0 Å². The maximum atomic E-state index is 5.84. The molecule has 1 unspecified atom stereocenters. The normalized spacial score (nSPS) is 21.8. The zero-order chi connectivity index (χ0) is 8.72. The standard InChI is InChI=1S/C8H14N4/c1-5(2)12-7-4-3-6(9)8(7)10-11-12/h5-6H,3-4,9H2,1-2H3. The summed E-state index contributed by atoms with van der Waals surface area (Å²) in [4.78, 5) is 0. The molecule has 1 aromatic rings. The number of fused-ring (bicyclic) bond motifs is 1. The quantitative estimate of drug-likeness (QED) is 0.671. The van der Waals surface area contributed by atoms with Crippen LogP contribution in [-0.2, 0) is 6.42 Å². The minimum absolute atomic E-state index is 0.118. The molecule has 4 nitrogen and oxygen atoms in total. The largest absolute Gasteiger partial charge is 0.323 e. The van der Waals surface area contributed by atoms with Crippen LogP contribution in [0.4, 0.5) is 0 Å². The van der Waals surface area contributed by atoms with Gasteiger partial charge in [-0.3, -0.25) is 0 Å². The average molecular weight is 166 g/mol. The zero-order valence-corrected chi connectivity index (χ0v) is 7.49. The molecule has 66 valence electrons. The summed E-state index contributed by atoms with van der Waals surface area (Å²) in [7, 11) is 0. The molecule has 4 heteroatoms. The number of hydrogen-bond acceptors (Lipinski definition) is 3. The first-order valence-corrected chi connectivity index (χ1v) is 4.39. The van der Waals surface area contributed by atoms with Crippen molar-refractivity contribution < 1.29 is 0 Å². The summed E-state index contributed by atoms with van der Waals surface area (Å²) in [5, 5.41) is 8.16. The van der Waals surface area contributed by atoms with E-state index in [9.17, 15) is 0 Å². The van der Waals surface area contributed by atoms with E-state index in [0.717, 1.165) is 18.5 Å². The van der Waals surface area contributed by atoms with Gasteiger partial charge in [0.25, 0.3) is 0 Å². The van der Waals surface area contributed by atoms with E-state index >= 15 is 0 Å². The van der Waals surface area contributed by atoms with Crippen molar-refractivity contribution in [3.05, 3.63) is 11.4 Å². The first-order chi connectivity index (χ1) is 5.70. The molecule has 0 saturated carbocycles. The molecule has 0 spiro atoms. The number of nitrogens with two attached hydrogens (primary N) is 1. The molecule has 0 aromatic carbocycles. The first kappa shape index (κ1) is 7.73. The van der Waals surface area contributed by atoms with Gasteiger partial charge in [0.05, 0.1) is 11.7 Å². The lowest BCUT2D eigenvalue weighted by Crippen LogP contribution is -2.07. The monoisotopic (exact) mass is 166 g/mol. The Balaban J connectivity index is 2.43. The van der Waals surface area contributed by atoms with Crippen LogP contribution in [0.1, 0.15) is 43.7 Å². The van der Waals surface area contributed by atoms with Crippen molar-refractivity contribution in [3.63, 3.8) is 0 Å². The third kappa shape index (κ3) is 0.948. The van der Waals surface area contributed by atoms with E-state index in [2.05, 4.69) is 24.2 Å². The van der Waals surface area contributed by atoms with Crippen LogP contribution >= 0.6 is 0 Å². The highest BCUT2D eigenvalue weighted by molar-refractivity contribution is 5.20. The van der Waals surface area contributed by atoms with Crippen molar-refractivity contribution in [2.75, 3.05) is 0 Å². The molecule has 1 atom stereocenters. The van der Waals surface area contributed by atoms with Crippen LogP contribution in [0, 0.1) is 0 Å². The molecule has 1 aliphatic rings. The summed E-state index contributed by atoms with van der Waals surface area (Å²) in [6.45, 7) is 4.22. The third-order valence-electron chi connectivity index (χ3n) is 2.35. The second-order valence-corrected chi connectivity index (χ2v) is 3.60. The number of nitrogens with zero attached hydrogens (tertiary/aromatic N) is 3. The number of aromatic nitrogens is 3. The van der Waals surface area contributed by atoms with Crippen LogP contribution in [0.2, 0.25) is 0 Å². The van der Waals surface area contributed by atoms with E-state index in [1.807, 2.05) is 4.68 Å². The maximum Gasteiger partial charge on any atom is 0.103 e. The molecule has 1 heterocycles. The van der Waals surface area contributed by atoms with E-state index in [-0.39, 0.29) is 6.04 Å². The molecule has 2 rings (SSSR count). The Morgan fingerprint density at radius 2 is 2.33 bits per heavy atom. The van der Waals surface area contributed by atoms with Gasteiger partial charge in [0.2, 0.25) is 0 Å². The smallest absolute Gasteiger partial charge is 0.103 e. The molecule has 12 heavy (non-hydrogen) atoms. The summed E-state index contributed by atoms with van der Waals surface area (Å²) < 4.78 is 1.97. The van der Waals surface area contributed by atoms with Gasteiger partial charge in [-0.1, -0.05) is 5.21 Å². The fourth-order valence-corrected chi connectivity index (χ4v) is 1.70. The highest BCUT2D eigenvalue weighted by atomic mass is 15.4. The van der Waals surface area contributed by atoms with E-state index in [4.69, 9.17) is 5.73 Å². The van der Waals surface area contributed by atoms with Crippen LogP contribution in [0.15, 0.2) is 0 Å². The molecule has 0 aliphatic heterocycles. The second kappa shape index (κ2) is 2.55. The van der Waals surface area contributed by atoms with Crippen molar-refractivity contribution >= 4 is 0 Å². The van der Waals surface area contributed by atoms with Gasteiger partial charge in [-0.2, -0.15) is 0 Å². The average Bonchev–Trinajstić information content (AvgIpc) is 2.53. The molecule has 0 bridgehead atoms. The fourth-order valence-electron chi connectivity index (χ4n) is 1.70.